The van der Waals surface area contributed by atoms with Gasteiger partial charge in [0.1, 0.15) is 0 Å². The van der Waals surface area contributed by atoms with Crippen LogP contribution in [0.2, 0.25) is 0 Å². The number of rotatable bonds is 7. The highest BCUT2D eigenvalue weighted by molar-refractivity contribution is 5.81. The van der Waals surface area contributed by atoms with Crippen LogP contribution in [0.15, 0.2) is 0 Å². The van der Waals surface area contributed by atoms with Gasteiger partial charge in [0.2, 0.25) is 5.91 Å². The fourth-order valence-corrected chi connectivity index (χ4v) is 1.54. The van der Waals surface area contributed by atoms with Crippen molar-refractivity contribution in [3.63, 3.8) is 0 Å². The Kier molecular flexibility index (Phi) is 7.29. The van der Waals surface area contributed by atoms with E-state index in [9.17, 15) is 4.79 Å². The number of methoxy groups -OCH3 is 2. The minimum absolute atomic E-state index is 0.0424. The molecule has 0 rings (SSSR count). The number of carbonyl (C=O) groups is 1. The maximum Gasteiger partial charge on any atom is 0.239 e. The van der Waals surface area contributed by atoms with Crippen molar-refractivity contribution in [2.75, 3.05) is 27.8 Å². The van der Waals surface area contributed by atoms with Gasteiger partial charge >= 0.3 is 0 Å². The summed E-state index contributed by atoms with van der Waals surface area (Å²) in [5.74, 6) is 0.0697. The molecule has 0 aliphatic carbocycles. The van der Waals surface area contributed by atoms with Gasteiger partial charge in [-0.1, -0.05) is 0 Å². The molecule has 5 nitrogen and oxygen atoms in total. The summed E-state index contributed by atoms with van der Waals surface area (Å²) in [6.07, 6.45) is -0.345. The topological polar surface area (TPSA) is 50.8 Å². The molecule has 0 saturated heterocycles. The summed E-state index contributed by atoms with van der Waals surface area (Å²) in [7, 11) is 4.95. The third-order valence-corrected chi connectivity index (χ3v) is 2.61. The number of hydrogen-bond acceptors (Lipinski definition) is 4. The van der Waals surface area contributed by atoms with Crippen LogP contribution in [0.4, 0.5) is 0 Å². The Hall–Kier alpha value is -0.650. The molecule has 1 N–H and O–H groups in total. The number of hydrogen-bond donors (Lipinski definition) is 1. The molecule has 0 bridgehead atoms. The summed E-state index contributed by atoms with van der Waals surface area (Å²) >= 11 is 0. The summed E-state index contributed by atoms with van der Waals surface area (Å²) in [5, 5.41) is 3.16. The molecular weight excluding hydrogens is 208 g/mol. The van der Waals surface area contributed by atoms with Crippen LogP contribution in [0.5, 0.6) is 0 Å². The van der Waals surface area contributed by atoms with E-state index in [-0.39, 0.29) is 24.3 Å². The van der Waals surface area contributed by atoms with Crippen molar-refractivity contribution in [3.8, 4) is 0 Å². The molecule has 2 atom stereocenters. The molecule has 16 heavy (non-hydrogen) atoms. The lowest BCUT2D eigenvalue weighted by molar-refractivity contribution is -0.136. The van der Waals surface area contributed by atoms with Crippen molar-refractivity contribution in [2.24, 2.45) is 0 Å². The number of nitrogens with one attached hydrogen (secondary N) is 1. The molecule has 0 aromatic rings. The van der Waals surface area contributed by atoms with Gasteiger partial charge in [-0.2, -0.15) is 0 Å². The van der Waals surface area contributed by atoms with Crippen LogP contribution >= 0.6 is 0 Å². The van der Waals surface area contributed by atoms with E-state index in [1.165, 1.54) is 0 Å². The second-order valence-corrected chi connectivity index (χ2v) is 3.87. The summed E-state index contributed by atoms with van der Waals surface area (Å²) < 4.78 is 10.2. The van der Waals surface area contributed by atoms with Crippen molar-refractivity contribution in [3.05, 3.63) is 0 Å². The van der Waals surface area contributed by atoms with Crippen LogP contribution in [0.3, 0.4) is 0 Å². The van der Waals surface area contributed by atoms with Crippen LogP contribution in [0.25, 0.3) is 0 Å². The predicted octanol–water partition coefficient (Wildman–Crippen LogP) is 0.450. The van der Waals surface area contributed by atoms with E-state index in [1.54, 1.807) is 26.2 Å². The van der Waals surface area contributed by atoms with Gasteiger partial charge in [0, 0.05) is 27.8 Å². The fourth-order valence-electron chi connectivity index (χ4n) is 1.54. The number of carbonyl (C=O) groups excluding carboxylic acids is 1. The maximum absolute atomic E-state index is 11.8. The summed E-state index contributed by atoms with van der Waals surface area (Å²) in [6, 6.07) is -0.285. The highest BCUT2D eigenvalue weighted by Crippen LogP contribution is 2.01. The third kappa shape index (κ3) is 4.47. The Morgan fingerprint density at radius 2 is 1.81 bits per heavy atom. The molecule has 0 fully saturated rings. The smallest absolute Gasteiger partial charge is 0.239 e. The van der Waals surface area contributed by atoms with Gasteiger partial charge < -0.3 is 14.4 Å². The van der Waals surface area contributed by atoms with Crippen molar-refractivity contribution in [1.29, 1.82) is 0 Å². The SMILES string of the molecule is CCN(C)C(=O)C(C)NC(C)C(OC)OC. The molecule has 0 aromatic heterocycles. The van der Waals surface area contributed by atoms with Crippen molar-refractivity contribution >= 4 is 5.91 Å². The minimum Gasteiger partial charge on any atom is -0.354 e. The van der Waals surface area contributed by atoms with Crippen molar-refractivity contribution in [1.82, 2.24) is 10.2 Å². The van der Waals surface area contributed by atoms with E-state index in [0.29, 0.717) is 6.54 Å². The van der Waals surface area contributed by atoms with Crippen LogP contribution in [-0.2, 0) is 14.3 Å². The normalized spacial score (nSPS) is 14.9. The zero-order valence-electron chi connectivity index (χ0n) is 11.1. The average Bonchev–Trinajstić information content (AvgIpc) is 2.28. The predicted molar refractivity (Wildman–Crippen MR) is 63.2 cm³/mol. The molecular formula is C11H24N2O3. The number of ether oxygens (including phenoxy) is 2. The Balaban J connectivity index is 4.22. The van der Waals surface area contributed by atoms with Gasteiger partial charge in [0.25, 0.3) is 0 Å². The molecule has 96 valence electrons. The Labute approximate surface area is 98.1 Å². The molecule has 0 aromatic carbocycles. The second kappa shape index (κ2) is 7.60. The lowest BCUT2D eigenvalue weighted by Crippen LogP contribution is -2.50. The zero-order valence-corrected chi connectivity index (χ0v) is 11.1. The van der Waals surface area contributed by atoms with E-state index < -0.39 is 0 Å². The van der Waals surface area contributed by atoms with Crippen LogP contribution < -0.4 is 5.32 Å². The van der Waals surface area contributed by atoms with E-state index in [1.807, 2.05) is 20.8 Å². The first-order chi connectivity index (χ1) is 7.47. The van der Waals surface area contributed by atoms with E-state index >= 15 is 0 Å². The largest absolute Gasteiger partial charge is 0.354 e. The number of likely N-dealkylation sites (N-methyl/N-ethyl adjacent to an activating group) is 1. The molecule has 0 saturated carbocycles. The lowest BCUT2D eigenvalue weighted by Gasteiger charge is -2.27. The van der Waals surface area contributed by atoms with E-state index in [0.717, 1.165) is 0 Å². The Morgan fingerprint density at radius 1 is 1.31 bits per heavy atom. The van der Waals surface area contributed by atoms with Crippen LogP contribution in [0.1, 0.15) is 20.8 Å². The Morgan fingerprint density at radius 3 is 2.19 bits per heavy atom. The first kappa shape index (κ1) is 15.3. The van der Waals surface area contributed by atoms with Gasteiger partial charge in [-0.3, -0.25) is 10.1 Å². The zero-order chi connectivity index (χ0) is 12.7. The molecule has 0 aliphatic rings. The number of nitrogens with zero attached hydrogens (tertiary/aromatic N) is 1. The summed E-state index contributed by atoms with van der Waals surface area (Å²) in [4.78, 5) is 13.5. The fraction of sp³-hybridized carbons (Fsp3) is 0.909. The molecule has 0 radical (unpaired) electrons. The van der Waals surface area contributed by atoms with Gasteiger partial charge in [-0.15, -0.1) is 0 Å². The van der Waals surface area contributed by atoms with Gasteiger partial charge in [-0.05, 0) is 20.8 Å². The third-order valence-electron chi connectivity index (χ3n) is 2.61. The minimum atomic E-state index is -0.345. The summed E-state index contributed by atoms with van der Waals surface area (Å²) in [6.45, 7) is 6.42. The van der Waals surface area contributed by atoms with E-state index in [4.69, 9.17) is 9.47 Å². The van der Waals surface area contributed by atoms with Gasteiger partial charge in [0.15, 0.2) is 6.29 Å². The van der Waals surface area contributed by atoms with Gasteiger partial charge in [-0.25, -0.2) is 0 Å². The van der Waals surface area contributed by atoms with Crippen molar-refractivity contribution in [2.45, 2.75) is 39.1 Å². The molecule has 0 heterocycles. The number of amides is 1. The molecule has 0 aliphatic heterocycles. The van der Waals surface area contributed by atoms with Crippen LogP contribution in [-0.4, -0.2) is 57.0 Å². The monoisotopic (exact) mass is 232 g/mol. The standard InChI is InChI=1S/C11H24N2O3/c1-7-13(4)10(14)8(2)12-9(3)11(15-5)16-6/h8-9,11-12H,7H2,1-6H3. The average molecular weight is 232 g/mol. The summed E-state index contributed by atoms with van der Waals surface area (Å²) in [5.41, 5.74) is 0. The van der Waals surface area contributed by atoms with Crippen molar-refractivity contribution < 1.29 is 14.3 Å². The van der Waals surface area contributed by atoms with Crippen LogP contribution in [0, 0.1) is 0 Å². The molecule has 1 amide bonds. The second-order valence-electron chi connectivity index (χ2n) is 3.87. The molecule has 5 heteroatoms. The lowest BCUT2D eigenvalue weighted by atomic mass is 10.2. The highest BCUT2D eigenvalue weighted by Gasteiger charge is 2.22. The maximum atomic E-state index is 11.8. The van der Waals surface area contributed by atoms with E-state index in [2.05, 4.69) is 5.32 Å². The quantitative estimate of drug-likeness (QED) is 0.648. The van der Waals surface area contributed by atoms with Gasteiger partial charge in [0.05, 0.1) is 12.1 Å². The molecule has 0 spiro atoms. The highest BCUT2D eigenvalue weighted by atomic mass is 16.7. The Bertz CT molecular complexity index is 207. The first-order valence-electron chi connectivity index (χ1n) is 5.54. The first-order valence-corrected chi connectivity index (χ1v) is 5.54. The molecule has 2 unspecified atom stereocenters.